The number of methoxy groups -OCH3 is 4. The van der Waals surface area contributed by atoms with Crippen molar-refractivity contribution in [3.8, 4) is 23.0 Å². The molecular weight excluding hydrogens is 416 g/mol. The van der Waals surface area contributed by atoms with Crippen LogP contribution in [0.25, 0.3) is 6.08 Å². The predicted molar refractivity (Wildman–Crippen MR) is 116 cm³/mol. The number of rotatable bonds is 8. The zero-order chi connectivity index (χ0) is 23.3. The van der Waals surface area contributed by atoms with Crippen LogP contribution in [0.4, 0.5) is 4.79 Å². The Labute approximate surface area is 185 Å². The summed E-state index contributed by atoms with van der Waals surface area (Å²) in [5.41, 5.74) is 1.17. The Bertz CT molecular complexity index is 1080. The lowest BCUT2D eigenvalue weighted by Crippen LogP contribution is -2.54. The number of nitrogens with one attached hydrogen (secondary N) is 1. The topological polar surface area (TPSA) is 103 Å². The maximum absolute atomic E-state index is 13.0. The van der Waals surface area contributed by atoms with Gasteiger partial charge < -0.3 is 18.9 Å². The summed E-state index contributed by atoms with van der Waals surface area (Å²) in [7, 11) is 6.06. The molecule has 168 valence electrons. The Morgan fingerprint density at radius 2 is 1.56 bits per heavy atom. The standard InChI is InChI=1S/C23H24N2O7/c1-29-16-7-6-15(19(13-16)31-3)12-17-21(26)24-23(28)25(22(17)27)10-9-14-5-8-18(30-2)20(11-14)32-4/h5-8,11-13H,9-10H2,1-4H3,(H,24,26,28)/b17-12+. The van der Waals surface area contributed by atoms with E-state index in [2.05, 4.69) is 5.32 Å². The lowest BCUT2D eigenvalue weighted by molar-refractivity contribution is -0.130. The zero-order valence-corrected chi connectivity index (χ0v) is 18.3. The first-order valence-corrected chi connectivity index (χ1v) is 9.73. The van der Waals surface area contributed by atoms with E-state index < -0.39 is 17.8 Å². The van der Waals surface area contributed by atoms with Gasteiger partial charge in [0.05, 0.1) is 28.4 Å². The highest BCUT2D eigenvalue weighted by Gasteiger charge is 2.35. The summed E-state index contributed by atoms with van der Waals surface area (Å²) >= 11 is 0. The summed E-state index contributed by atoms with van der Waals surface area (Å²) in [5.74, 6) is 0.660. The Morgan fingerprint density at radius 3 is 2.22 bits per heavy atom. The Hall–Kier alpha value is -4.01. The van der Waals surface area contributed by atoms with Crippen LogP contribution in [0.1, 0.15) is 11.1 Å². The lowest BCUT2D eigenvalue weighted by atomic mass is 10.1. The van der Waals surface area contributed by atoms with Gasteiger partial charge in [0.15, 0.2) is 11.5 Å². The predicted octanol–water partition coefficient (Wildman–Crippen LogP) is 2.43. The Kier molecular flexibility index (Phi) is 6.99. The van der Waals surface area contributed by atoms with Gasteiger partial charge in [-0.2, -0.15) is 0 Å². The SMILES string of the molecule is COc1ccc(/C=C2\C(=O)NC(=O)N(CCc3ccc(OC)c(OC)c3)C2=O)c(OC)c1. The fourth-order valence-electron chi connectivity index (χ4n) is 3.27. The van der Waals surface area contributed by atoms with Gasteiger partial charge in [0.2, 0.25) is 0 Å². The highest BCUT2D eigenvalue weighted by atomic mass is 16.5. The number of carbonyl (C=O) groups excluding carboxylic acids is 3. The van der Waals surface area contributed by atoms with Crippen LogP contribution >= 0.6 is 0 Å². The van der Waals surface area contributed by atoms with Gasteiger partial charge in [-0.3, -0.25) is 19.8 Å². The van der Waals surface area contributed by atoms with Crippen LogP contribution in [-0.4, -0.2) is 57.7 Å². The van der Waals surface area contributed by atoms with Gasteiger partial charge in [0.1, 0.15) is 17.1 Å². The first-order valence-electron chi connectivity index (χ1n) is 9.73. The maximum Gasteiger partial charge on any atom is 0.331 e. The molecule has 0 unspecified atom stereocenters. The number of hydrogen-bond donors (Lipinski definition) is 1. The van der Waals surface area contributed by atoms with Gasteiger partial charge >= 0.3 is 6.03 Å². The van der Waals surface area contributed by atoms with E-state index in [-0.39, 0.29) is 12.1 Å². The molecule has 2 aromatic carbocycles. The van der Waals surface area contributed by atoms with Crippen molar-refractivity contribution in [2.45, 2.75) is 6.42 Å². The minimum absolute atomic E-state index is 0.0739. The van der Waals surface area contributed by atoms with Crippen molar-refractivity contribution in [1.29, 1.82) is 0 Å². The van der Waals surface area contributed by atoms with Crippen molar-refractivity contribution in [1.82, 2.24) is 10.2 Å². The van der Waals surface area contributed by atoms with Crippen molar-refractivity contribution in [3.05, 3.63) is 53.1 Å². The number of hydrogen-bond acceptors (Lipinski definition) is 7. The molecule has 1 heterocycles. The first-order chi connectivity index (χ1) is 15.4. The molecule has 9 nitrogen and oxygen atoms in total. The number of benzene rings is 2. The summed E-state index contributed by atoms with van der Waals surface area (Å²) in [4.78, 5) is 38.7. The Balaban J connectivity index is 1.83. The van der Waals surface area contributed by atoms with Crippen LogP contribution in [0.5, 0.6) is 23.0 Å². The third-order valence-corrected chi connectivity index (χ3v) is 5.00. The lowest BCUT2D eigenvalue weighted by Gasteiger charge is -2.26. The van der Waals surface area contributed by atoms with E-state index in [0.29, 0.717) is 35.0 Å². The zero-order valence-electron chi connectivity index (χ0n) is 18.3. The highest BCUT2D eigenvalue weighted by Crippen LogP contribution is 2.29. The average Bonchev–Trinajstić information content (AvgIpc) is 2.81. The third kappa shape index (κ3) is 4.66. The van der Waals surface area contributed by atoms with E-state index in [9.17, 15) is 14.4 Å². The third-order valence-electron chi connectivity index (χ3n) is 5.00. The number of barbiturate groups is 1. The molecule has 1 N–H and O–H groups in total. The number of carbonyl (C=O) groups is 3. The van der Waals surface area contributed by atoms with E-state index in [0.717, 1.165) is 10.5 Å². The number of nitrogens with zero attached hydrogens (tertiary/aromatic N) is 1. The van der Waals surface area contributed by atoms with Crippen LogP contribution in [0.2, 0.25) is 0 Å². The van der Waals surface area contributed by atoms with Gasteiger partial charge in [-0.25, -0.2) is 4.79 Å². The molecule has 1 saturated heterocycles. The quantitative estimate of drug-likeness (QED) is 0.497. The summed E-state index contributed by atoms with van der Waals surface area (Å²) in [6.07, 6.45) is 1.76. The summed E-state index contributed by atoms with van der Waals surface area (Å²) < 4.78 is 21.0. The normalized spacial score (nSPS) is 14.9. The fraction of sp³-hybridized carbons (Fsp3) is 0.261. The smallest absolute Gasteiger partial charge is 0.331 e. The van der Waals surface area contributed by atoms with E-state index in [1.807, 2.05) is 6.07 Å². The molecule has 2 aromatic rings. The molecule has 1 fully saturated rings. The van der Waals surface area contributed by atoms with Gasteiger partial charge in [-0.05, 0) is 42.3 Å². The van der Waals surface area contributed by atoms with E-state index >= 15 is 0 Å². The van der Waals surface area contributed by atoms with Crippen molar-refractivity contribution >= 4 is 23.9 Å². The van der Waals surface area contributed by atoms with Gasteiger partial charge in [0.25, 0.3) is 11.8 Å². The van der Waals surface area contributed by atoms with Crippen LogP contribution in [0, 0.1) is 0 Å². The molecule has 3 rings (SSSR count). The van der Waals surface area contributed by atoms with Crippen LogP contribution in [-0.2, 0) is 16.0 Å². The summed E-state index contributed by atoms with van der Waals surface area (Å²) in [6.45, 7) is 0.0739. The summed E-state index contributed by atoms with van der Waals surface area (Å²) in [5, 5.41) is 2.22. The molecule has 9 heteroatoms. The monoisotopic (exact) mass is 440 g/mol. The highest BCUT2D eigenvalue weighted by molar-refractivity contribution is 6.31. The molecule has 0 aromatic heterocycles. The molecule has 1 aliphatic heterocycles. The van der Waals surface area contributed by atoms with E-state index in [4.69, 9.17) is 18.9 Å². The molecule has 0 saturated carbocycles. The van der Waals surface area contributed by atoms with Gasteiger partial charge in [-0.15, -0.1) is 0 Å². The van der Waals surface area contributed by atoms with Crippen LogP contribution in [0.3, 0.4) is 0 Å². The van der Waals surface area contributed by atoms with Crippen molar-refractivity contribution in [3.63, 3.8) is 0 Å². The molecule has 0 aliphatic carbocycles. The van der Waals surface area contributed by atoms with Crippen molar-refractivity contribution < 1.29 is 33.3 Å². The second-order valence-corrected chi connectivity index (χ2v) is 6.82. The molecule has 0 bridgehead atoms. The van der Waals surface area contributed by atoms with E-state index in [1.54, 1.807) is 30.3 Å². The van der Waals surface area contributed by atoms with Gasteiger partial charge in [0, 0.05) is 18.2 Å². The number of ether oxygens (including phenoxy) is 4. The van der Waals surface area contributed by atoms with Crippen molar-refractivity contribution in [2.75, 3.05) is 35.0 Å². The summed E-state index contributed by atoms with van der Waals surface area (Å²) in [6, 6.07) is 9.55. The van der Waals surface area contributed by atoms with Crippen LogP contribution < -0.4 is 24.3 Å². The average molecular weight is 440 g/mol. The first kappa shape index (κ1) is 22.7. The molecular formula is C23H24N2O7. The van der Waals surface area contributed by atoms with Crippen molar-refractivity contribution in [2.24, 2.45) is 0 Å². The molecule has 0 radical (unpaired) electrons. The largest absolute Gasteiger partial charge is 0.497 e. The number of imide groups is 2. The van der Waals surface area contributed by atoms with Gasteiger partial charge in [-0.1, -0.05) is 6.07 Å². The minimum atomic E-state index is -0.765. The second-order valence-electron chi connectivity index (χ2n) is 6.82. The number of urea groups is 1. The Morgan fingerprint density at radius 1 is 0.844 bits per heavy atom. The molecule has 0 atom stereocenters. The molecule has 1 aliphatic rings. The molecule has 4 amide bonds. The fourth-order valence-corrected chi connectivity index (χ4v) is 3.27. The maximum atomic E-state index is 13.0. The molecule has 0 spiro atoms. The second kappa shape index (κ2) is 9.86. The molecule has 32 heavy (non-hydrogen) atoms. The van der Waals surface area contributed by atoms with Crippen LogP contribution in [0.15, 0.2) is 42.0 Å². The minimum Gasteiger partial charge on any atom is -0.497 e. The van der Waals surface area contributed by atoms with E-state index in [1.165, 1.54) is 34.5 Å². The number of amides is 4.